The molecule has 11 heteroatoms. The molecule has 3 rings (SSSR count). The lowest BCUT2D eigenvalue weighted by Gasteiger charge is -2.22. The van der Waals surface area contributed by atoms with Gasteiger partial charge in [-0.15, -0.1) is 0 Å². The molecule has 0 saturated carbocycles. The Hall–Kier alpha value is -3.37. The SMILES string of the molecule is CCOc1cc(/C=C/C(=O)N2CCCN(c3ccc(C(F)(F)F)cn3)CC2)ccc1OC(F)F. The third-order valence-corrected chi connectivity index (χ3v) is 5.11. The predicted octanol–water partition coefficient (Wildman–Crippen LogP) is 4.85. The van der Waals surface area contributed by atoms with Gasteiger partial charge >= 0.3 is 12.8 Å². The molecule has 184 valence electrons. The van der Waals surface area contributed by atoms with Crippen LogP contribution in [0.5, 0.6) is 11.5 Å². The second kappa shape index (κ2) is 11.2. The van der Waals surface area contributed by atoms with Gasteiger partial charge in [-0.25, -0.2) is 4.98 Å². The molecular formula is C23H24F5N3O3. The molecule has 0 spiro atoms. The van der Waals surface area contributed by atoms with Gasteiger partial charge in [-0.2, -0.15) is 22.0 Å². The van der Waals surface area contributed by atoms with Crippen LogP contribution in [0.25, 0.3) is 6.08 Å². The molecule has 0 N–H and O–H groups in total. The van der Waals surface area contributed by atoms with Crippen LogP contribution in [0, 0.1) is 0 Å². The molecular weight excluding hydrogens is 461 g/mol. The maximum absolute atomic E-state index is 12.7. The summed E-state index contributed by atoms with van der Waals surface area (Å²) >= 11 is 0. The Labute approximate surface area is 193 Å². The zero-order valence-corrected chi connectivity index (χ0v) is 18.4. The number of anilines is 1. The number of benzene rings is 1. The molecule has 1 fully saturated rings. The Morgan fingerprint density at radius 1 is 1.12 bits per heavy atom. The molecule has 0 radical (unpaired) electrons. The lowest BCUT2D eigenvalue weighted by Crippen LogP contribution is -2.34. The van der Waals surface area contributed by atoms with Crippen molar-refractivity contribution in [1.29, 1.82) is 0 Å². The molecule has 0 bridgehead atoms. The maximum Gasteiger partial charge on any atom is 0.417 e. The van der Waals surface area contributed by atoms with Crippen molar-refractivity contribution < 1.29 is 36.2 Å². The molecule has 6 nitrogen and oxygen atoms in total. The van der Waals surface area contributed by atoms with Crippen LogP contribution in [0.3, 0.4) is 0 Å². The molecule has 1 amide bonds. The van der Waals surface area contributed by atoms with E-state index in [-0.39, 0.29) is 24.0 Å². The van der Waals surface area contributed by atoms with Gasteiger partial charge in [0.2, 0.25) is 5.91 Å². The van der Waals surface area contributed by atoms with E-state index in [1.165, 1.54) is 30.3 Å². The third-order valence-electron chi connectivity index (χ3n) is 5.11. The highest BCUT2D eigenvalue weighted by Gasteiger charge is 2.31. The van der Waals surface area contributed by atoms with Crippen molar-refractivity contribution in [2.45, 2.75) is 26.1 Å². The largest absolute Gasteiger partial charge is 0.490 e. The number of carbonyl (C=O) groups excluding carboxylic acids is 1. The first-order valence-corrected chi connectivity index (χ1v) is 10.6. The van der Waals surface area contributed by atoms with Crippen LogP contribution in [0.15, 0.2) is 42.6 Å². The van der Waals surface area contributed by atoms with E-state index >= 15 is 0 Å². The van der Waals surface area contributed by atoms with E-state index in [1.807, 2.05) is 4.90 Å². The number of alkyl halides is 5. The second-order valence-electron chi connectivity index (χ2n) is 7.42. The first-order valence-electron chi connectivity index (χ1n) is 10.6. The van der Waals surface area contributed by atoms with Gasteiger partial charge in [0, 0.05) is 38.5 Å². The molecule has 1 aliphatic heterocycles. The fourth-order valence-corrected chi connectivity index (χ4v) is 3.47. The number of rotatable bonds is 7. The Morgan fingerprint density at radius 3 is 2.56 bits per heavy atom. The van der Waals surface area contributed by atoms with E-state index < -0.39 is 18.4 Å². The summed E-state index contributed by atoms with van der Waals surface area (Å²) in [6.07, 6.45) is -0.0855. The van der Waals surface area contributed by atoms with Crippen molar-refractivity contribution in [3.63, 3.8) is 0 Å². The van der Waals surface area contributed by atoms with Crippen molar-refractivity contribution >= 4 is 17.8 Å². The molecule has 2 aromatic rings. The highest BCUT2D eigenvalue weighted by Crippen LogP contribution is 2.31. The minimum absolute atomic E-state index is 0.0928. The number of halogens is 5. The highest BCUT2D eigenvalue weighted by molar-refractivity contribution is 5.92. The normalized spacial score (nSPS) is 15.0. The van der Waals surface area contributed by atoms with Crippen LogP contribution >= 0.6 is 0 Å². The van der Waals surface area contributed by atoms with Gasteiger partial charge in [-0.3, -0.25) is 4.79 Å². The zero-order valence-electron chi connectivity index (χ0n) is 18.4. The van der Waals surface area contributed by atoms with Crippen LogP contribution in [-0.4, -0.2) is 55.2 Å². The number of nitrogens with zero attached hydrogens (tertiary/aromatic N) is 3. The maximum atomic E-state index is 12.7. The van der Waals surface area contributed by atoms with E-state index in [4.69, 9.17) is 4.74 Å². The van der Waals surface area contributed by atoms with Crippen molar-refractivity contribution in [2.75, 3.05) is 37.7 Å². The molecule has 0 unspecified atom stereocenters. The van der Waals surface area contributed by atoms with Crippen LogP contribution in [0.4, 0.5) is 27.8 Å². The minimum atomic E-state index is -4.44. The monoisotopic (exact) mass is 485 g/mol. The standard InChI is InChI=1S/C23H24F5N3O3/c1-2-33-19-14-16(4-7-18(19)34-22(24)25)5-9-21(32)31-11-3-10-30(12-13-31)20-8-6-17(15-29-20)23(26,27)28/h4-9,14-15,22H,2-3,10-13H2,1H3/b9-5+. The molecule has 34 heavy (non-hydrogen) atoms. The van der Waals surface area contributed by atoms with Crippen LogP contribution in [0.2, 0.25) is 0 Å². The van der Waals surface area contributed by atoms with Crippen molar-refractivity contribution in [3.05, 3.63) is 53.7 Å². The van der Waals surface area contributed by atoms with E-state index in [1.54, 1.807) is 17.9 Å². The molecule has 1 aromatic heterocycles. The molecule has 1 aliphatic rings. The summed E-state index contributed by atoms with van der Waals surface area (Å²) in [5.74, 6) is 0.233. The topological polar surface area (TPSA) is 54.9 Å². The van der Waals surface area contributed by atoms with E-state index in [0.29, 0.717) is 44.0 Å². The molecule has 2 heterocycles. The van der Waals surface area contributed by atoms with Crippen molar-refractivity contribution in [1.82, 2.24) is 9.88 Å². The van der Waals surface area contributed by atoms with Gasteiger partial charge in [-0.1, -0.05) is 6.07 Å². The number of amides is 1. The number of ether oxygens (including phenoxy) is 2. The number of carbonyl (C=O) groups is 1. The molecule has 1 saturated heterocycles. The van der Waals surface area contributed by atoms with Gasteiger partial charge in [-0.05, 0) is 49.2 Å². The Morgan fingerprint density at radius 2 is 1.91 bits per heavy atom. The lowest BCUT2D eigenvalue weighted by atomic mass is 10.2. The fraction of sp³-hybridized carbons (Fsp3) is 0.391. The second-order valence-corrected chi connectivity index (χ2v) is 7.42. The average molecular weight is 485 g/mol. The Balaban J connectivity index is 1.62. The summed E-state index contributed by atoms with van der Waals surface area (Å²) in [5.41, 5.74) is -0.238. The zero-order chi connectivity index (χ0) is 24.7. The summed E-state index contributed by atoms with van der Waals surface area (Å²) in [4.78, 5) is 20.1. The van der Waals surface area contributed by atoms with E-state index in [2.05, 4.69) is 9.72 Å². The minimum Gasteiger partial charge on any atom is -0.490 e. The predicted molar refractivity (Wildman–Crippen MR) is 116 cm³/mol. The summed E-state index contributed by atoms with van der Waals surface area (Å²) in [5, 5.41) is 0. The quantitative estimate of drug-likeness (QED) is 0.415. The highest BCUT2D eigenvalue weighted by atomic mass is 19.4. The van der Waals surface area contributed by atoms with Gasteiger partial charge in [0.15, 0.2) is 11.5 Å². The summed E-state index contributed by atoms with van der Waals surface area (Å²) in [7, 11) is 0. The first kappa shape index (κ1) is 25.3. The smallest absolute Gasteiger partial charge is 0.417 e. The lowest BCUT2D eigenvalue weighted by molar-refractivity contribution is -0.137. The van der Waals surface area contributed by atoms with E-state index in [9.17, 15) is 26.7 Å². The molecule has 0 atom stereocenters. The van der Waals surface area contributed by atoms with Gasteiger partial charge < -0.3 is 19.3 Å². The first-order chi connectivity index (χ1) is 16.2. The number of hydrogen-bond acceptors (Lipinski definition) is 5. The summed E-state index contributed by atoms with van der Waals surface area (Å²) in [6.45, 7) is 0.803. The number of aromatic nitrogens is 1. The average Bonchev–Trinajstić information content (AvgIpc) is 3.05. The van der Waals surface area contributed by atoms with Gasteiger partial charge in [0.25, 0.3) is 0 Å². The Bertz CT molecular complexity index is 996. The number of hydrogen-bond donors (Lipinski definition) is 0. The molecule has 0 aliphatic carbocycles. The van der Waals surface area contributed by atoms with Crippen LogP contribution < -0.4 is 14.4 Å². The number of pyridine rings is 1. The molecule has 1 aromatic carbocycles. The summed E-state index contributed by atoms with van der Waals surface area (Å²) in [6, 6.07) is 6.71. The third kappa shape index (κ3) is 6.82. The van der Waals surface area contributed by atoms with Crippen LogP contribution in [-0.2, 0) is 11.0 Å². The Kier molecular flexibility index (Phi) is 8.30. The van der Waals surface area contributed by atoms with Gasteiger partial charge in [0.1, 0.15) is 5.82 Å². The van der Waals surface area contributed by atoms with Crippen molar-refractivity contribution in [3.8, 4) is 11.5 Å². The van der Waals surface area contributed by atoms with Crippen LogP contribution in [0.1, 0.15) is 24.5 Å². The summed E-state index contributed by atoms with van der Waals surface area (Å²) < 4.78 is 73.1. The fourth-order valence-electron chi connectivity index (χ4n) is 3.47. The van der Waals surface area contributed by atoms with E-state index in [0.717, 1.165) is 12.3 Å². The van der Waals surface area contributed by atoms with Gasteiger partial charge in [0.05, 0.1) is 12.2 Å². The van der Waals surface area contributed by atoms with Crippen molar-refractivity contribution in [2.24, 2.45) is 0 Å².